The fourth-order valence-corrected chi connectivity index (χ4v) is 3.52. The van der Waals surface area contributed by atoms with Crippen molar-refractivity contribution >= 4 is 33.6 Å². The van der Waals surface area contributed by atoms with Gasteiger partial charge in [-0.3, -0.25) is 9.69 Å². The Bertz CT molecular complexity index is 808. The van der Waals surface area contributed by atoms with Crippen molar-refractivity contribution in [3.8, 4) is 5.75 Å². The number of ether oxygens (including phenoxy) is 1. The molecule has 27 heavy (non-hydrogen) atoms. The molecule has 0 spiro atoms. The number of carboxylic acid groups (broad SMARTS) is 1. The summed E-state index contributed by atoms with van der Waals surface area (Å²) in [5.74, 6) is -0.236. The van der Waals surface area contributed by atoms with E-state index in [1.807, 2.05) is 48.5 Å². The van der Waals surface area contributed by atoms with Crippen LogP contribution in [0.1, 0.15) is 12.0 Å². The molecule has 1 atom stereocenters. The van der Waals surface area contributed by atoms with E-state index in [1.54, 1.807) is 16.9 Å². The summed E-state index contributed by atoms with van der Waals surface area (Å²) in [5, 5.41) is 9.22. The van der Waals surface area contributed by atoms with E-state index in [9.17, 15) is 14.7 Å². The molecule has 0 bridgehead atoms. The molecule has 1 N–H and O–H groups in total. The number of carbonyl (C=O) groups excluding carboxylic acids is 1. The third-order valence-corrected chi connectivity index (χ3v) is 5.08. The molecule has 1 fully saturated rings. The highest BCUT2D eigenvalue weighted by Gasteiger charge is 2.33. The molecular weight excluding hydrogens is 412 g/mol. The first kappa shape index (κ1) is 19.2. The smallest absolute Gasteiger partial charge is 0.324 e. The van der Waals surface area contributed by atoms with Gasteiger partial charge in [0.1, 0.15) is 5.75 Å². The van der Waals surface area contributed by atoms with Gasteiger partial charge in [-0.1, -0.05) is 28.1 Å². The summed E-state index contributed by atoms with van der Waals surface area (Å²) in [4.78, 5) is 27.6. The summed E-state index contributed by atoms with van der Waals surface area (Å²) < 4.78 is 6.09. The van der Waals surface area contributed by atoms with Crippen LogP contribution in [0.15, 0.2) is 53.0 Å². The number of methoxy groups -OCH3 is 1. The predicted molar refractivity (Wildman–Crippen MR) is 106 cm³/mol. The quantitative estimate of drug-likeness (QED) is 0.748. The zero-order chi connectivity index (χ0) is 19.4. The minimum atomic E-state index is -0.852. The second-order valence-electron chi connectivity index (χ2n) is 6.56. The van der Waals surface area contributed by atoms with Crippen LogP contribution >= 0.6 is 15.9 Å². The lowest BCUT2D eigenvalue weighted by atomic mass is 10.0. The molecule has 2 aromatic rings. The molecule has 1 unspecified atom stereocenters. The molecular formula is C20H21BrN2O4. The van der Waals surface area contributed by atoms with Crippen molar-refractivity contribution in [2.24, 2.45) is 5.92 Å². The second kappa shape index (κ2) is 8.43. The van der Waals surface area contributed by atoms with Crippen LogP contribution in [0.25, 0.3) is 0 Å². The topological polar surface area (TPSA) is 70.1 Å². The van der Waals surface area contributed by atoms with Gasteiger partial charge in [0.05, 0.1) is 13.5 Å². The lowest BCUT2D eigenvalue weighted by Gasteiger charge is -2.40. The molecule has 1 aliphatic heterocycles. The Kier molecular flexibility index (Phi) is 6.01. The summed E-state index contributed by atoms with van der Waals surface area (Å²) in [6.07, 6.45) is 0.0272. The number of carboxylic acids is 1. The number of rotatable bonds is 6. The van der Waals surface area contributed by atoms with Crippen LogP contribution in [0.5, 0.6) is 5.75 Å². The van der Waals surface area contributed by atoms with Gasteiger partial charge in [0.25, 0.3) is 0 Å². The molecule has 2 aromatic carbocycles. The SMILES string of the molecule is COc1ccc(CN2CC(CC(=O)O)CN(c3ccc(Br)cc3)C2=O)cc1. The third kappa shape index (κ3) is 4.80. The highest BCUT2D eigenvalue weighted by atomic mass is 79.9. The summed E-state index contributed by atoms with van der Waals surface area (Å²) in [5.41, 5.74) is 1.73. The largest absolute Gasteiger partial charge is 0.497 e. The van der Waals surface area contributed by atoms with E-state index in [0.717, 1.165) is 21.5 Å². The number of carbonyl (C=O) groups is 2. The maximum atomic E-state index is 13.0. The van der Waals surface area contributed by atoms with E-state index >= 15 is 0 Å². The lowest BCUT2D eigenvalue weighted by Crippen LogP contribution is -2.53. The van der Waals surface area contributed by atoms with E-state index in [1.165, 1.54) is 0 Å². The summed E-state index contributed by atoms with van der Waals surface area (Å²) in [7, 11) is 1.61. The number of hydrogen-bond acceptors (Lipinski definition) is 3. The summed E-state index contributed by atoms with van der Waals surface area (Å²) >= 11 is 3.40. The molecule has 0 saturated carbocycles. The first-order chi connectivity index (χ1) is 13.0. The molecule has 7 heteroatoms. The van der Waals surface area contributed by atoms with Gasteiger partial charge >= 0.3 is 12.0 Å². The monoisotopic (exact) mass is 432 g/mol. The Morgan fingerprint density at radius 2 is 1.81 bits per heavy atom. The van der Waals surface area contributed by atoms with Crippen LogP contribution in [0, 0.1) is 5.92 Å². The number of halogens is 1. The summed E-state index contributed by atoms with van der Waals surface area (Å²) in [6, 6.07) is 14.9. The molecule has 0 aromatic heterocycles. The molecule has 1 saturated heterocycles. The Morgan fingerprint density at radius 3 is 2.41 bits per heavy atom. The highest BCUT2D eigenvalue weighted by Crippen LogP contribution is 2.27. The van der Waals surface area contributed by atoms with Gasteiger partial charge in [0.2, 0.25) is 0 Å². The van der Waals surface area contributed by atoms with Crippen molar-refractivity contribution in [2.45, 2.75) is 13.0 Å². The molecule has 0 radical (unpaired) electrons. The van der Waals surface area contributed by atoms with Gasteiger partial charge in [-0.15, -0.1) is 0 Å². The molecule has 1 aliphatic rings. The maximum absolute atomic E-state index is 13.0. The number of amides is 2. The molecule has 3 rings (SSSR count). The zero-order valence-corrected chi connectivity index (χ0v) is 16.6. The number of nitrogens with zero attached hydrogens (tertiary/aromatic N) is 2. The normalized spacial score (nSPS) is 17.1. The van der Waals surface area contributed by atoms with Gasteiger partial charge < -0.3 is 14.7 Å². The van der Waals surface area contributed by atoms with Crippen LogP contribution in [0.3, 0.4) is 0 Å². The Morgan fingerprint density at radius 1 is 1.15 bits per heavy atom. The van der Waals surface area contributed by atoms with Gasteiger partial charge in [0.15, 0.2) is 0 Å². The Labute approximate surface area is 166 Å². The van der Waals surface area contributed by atoms with Crippen molar-refractivity contribution in [1.82, 2.24) is 4.90 Å². The number of benzene rings is 2. The predicted octanol–water partition coefficient (Wildman–Crippen LogP) is 3.99. The van der Waals surface area contributed by atoms with Crippen molar-refractivity contribution < 1.29 is 19.4 Å². The van der Waals surface area contributed by atoms with Crippen molar-refractivity contribution in [1.29, 1.82) is 0 Å². The molecule has 0 aliphatic carbocycles. The summed E-state index contributed by atoms with van der Waals surface area (Å²) in [6.45, 7) is 1.24. The number of aliphatic carboxylic acids is 1. The maximum Gasteiger partial charge on any atom is 0.324 e. The third-order valence-electron chi connectivity index (χ3n) is 4.55. The van der Waals surface area contributed by atoms with Crippen LogP contribution in [0.2, 0.25) is 0 Å². The van der Waals surface area contributed by atoms with E-state index in [-0.39, 0.29) is 18.4 Å². The fourth-order valence-electron chi connectivity index (χ4n) is 3.25. The van der Waals surface area contributed by atoms with Gasteiger partial charge in [-0.25, -0.2) is 4.79 Å². The van der Waals surface area contributed by atoms with Crippen LogP contribution in [-0.4, -0.2) is 42.2 Å². The van der Waals surface area contributed by atoms with E-state index in [2.05, 4.69) is 15.9 Å². The van der Waals surface area contributed by atoms with E-state index in [0.29, 0.717) is 19.6 Å². The minimum absolute atomic E-state index is 0.0272. The highest BCUT2D eigenvalue weighted by molar-refractivity contribution is 9.10. The first-order valence-corrected chi connectivity index (χ1v) is 9.42. The molecule has 2 amide bonds. The lowest BCUT2D eigenvalue weighted by molar-refractivity contribution is -0.138. The first-order valence-electron chi connectivity index (χ1n) is 8.63. The zero-order valence-electron chi connectivity index (χ0n) is 15.0. The fraction of sp³-hybridized carbons (Fsp3) is 0.300. The van der Waals surface area contributed by atoms with Gasteiger partial charge in [-0.05, 0) is 42.0 Å². The van der Waals surface area contributed by atoms with Crippen molar-refractivity contribution in [2.75, 3.05) is 25.1 Å². The number of anilines is 1. The van der Waals surface area contributed by atoms with Gasteiger partial charge in [-0.2, -0.15) is 0 Å². The molecule has 6 nitrogen and oxygen atoms in total. The van der Waals surface area contributed by atoms with Crippen LogP contribution in [0.4, 0.5) is 10.5 Å². The van der Waals surface area contributed by atoms with E-state index in [4.69, 9.17) is 4.74 Å². The standard InChI is InChI=1S/C20H21BrN2O4/c1-27-18-8-2-14(3-9-18)11-22-12-15(10-19(24)25)13-23(20(22)26)17-6-4-16(21)5-7-17/h2-9,15H,10-13H2,1H3,(H,24,25). The number of urea groups is 1. The van der Waals surface area contributed by atoms with Crippen LogP contribution < -0.4 is 9.64 Å². The van der Waals surface area contributed by atoms with E-state index < -0.39 is 5.97 Å². The minimum Gasteiger partial charge on any atom is -0.497 e. The Hall–Kier alpha value is -2.54. The molecule has 142 valence electrons. The Balaban J connectivity index is 1.82. The van der Waals surface area contributed by atoms with Gasteiger partial charge in [0, 0.05) is 35.7 Å². The average molecular weight is 433 g/mol. The van der Waals surface area contributed by atoms with Crippen molar-refractivity contribution in [3.63, 3.8) is 0 Å². The van der Waals surface area contributed by atoms with Crippen molar-refractivity contribution in [3.05, 3.63) is 58.6 Å². The average Bonchev–Trinajstić information content (AvgIpc) is 2.65. The second-order valence-corrected chi connectivity index (χ2v) is 7.48. The molecule has 1 heterocycles. The van der Waals surface area contributed by atoms with Crippen LogP contribution in [-0.2, 0) is 11.3 Å². The number of hydrogen-bond donors (Lipinski definition) is 1.